The summed E-state index contributed by atoms with van der Waals surface area (Å²) < 4.78 is 5.85. The van der Waals surface area contributed by atoms with Gasteiger partial charge in [0.15, 0.2) is 5.75 Å². The fourth-order valence-electron chi connectivity index (χ4n) is 2.50. The summed E-state index contributed by atoms with van der Waals surface area (Å²) >= 11 is 0. The molecule has 0 aromatic heterocycles. The van der Waals surface area contributed by atoms with Crippen LogP contribution in [-0.4, -0.2) is 17.6 Å². The minimum atomic E-state index is -0.365. The Hall–Kier alpha value is -1.78. The van der Waals surface area contributed by atoms with Crippen LogP contribution in [0.4, 0.5) is 11.4 Å². The highest BCUT2D eigenvalue weighted by Crippen LogP contribution is 2.36. The molecule has 0 radical (unpaired) electrons. The van der Waals surface area contributed by atoms with Crippen LogP contribution in [-0.2, 0) is 0 Å². The van der Waals surface area contributed by atoms with E-state index in [1.165, 1.54) is 6.42 Å². The lowest BCUT2D eigenvalue weighted by Gasteiger charge is -2.23. The van der Waals surface area contributed by atoms with Crippen LogP contribution in [0.5, 0.6) is 5.75 Å². The lowest BCUT2D eigenvalue weighted by molar-refractivity contribution is -0.385. The molecular weight excluding hydrogens is 244 g/mol. The number of para-hydroxylation sites is 1. The van der Waals surface area contributed by atoms with E-state index in [0.29, 0.717) is 18.0 Å². The predicted octanol–water partition coefficient (Wildman–Crippen LogP) is 3.74. The molecule has 1 N–H and O–H groups in total. The number of hydrogen-bond acceptors (Lipinski definition) is 4. The highest BCUT2D eigenvalue weighted by atomic mass is 16.6. The summed E-state index contributed by atoms with van der Waals surface area (Å²) in [5.41, 5.74) is 0.579. The Labute approximate surface area is 113 Å². The normalized spacial score (nSPS) is 16.1. The van der Waals surface area contributed by atoms with Gasteiger partial charge in [-0.15, -0.1) is 0 Å². The first-order valence-corrected chi connectivity index (χ1v) is 6.90. The molecule has 0 bridgehead atoms. The van der Waals surface area contributed by atoms with Crippen LogP contribution in [0.15, 0.2) is 18.2 Å². The number of ether oxygens (including phenoxy) is 1. The maximum atomic E-state index is 11.2. The van der Waals surface area contributed by atoms with Gasteiger partial charge in [0.05, 0.1) is 11.0 Å². The second-order valence-electron chi connectivity index (χ2n) is 4.82. The maximum Gasteiger partial charge on any atom is 0.333 e. The van der Waals surface area contributed by atoms with Crippen molar-refractivity contribution in [2.75, 3.05) is 11.9 Å². The van der Waals surface area contributed by atoms with Gasteiger partial charge in [-0.05, 0) is 44.7 Å². The molecule has 1 aliphatic rings. The number of anilines is 1. The van der Waals surface area contributed by atoms with E-state index in [-0.39, 0.29) is 16.7 Å². The van der Waals surface area contributed by atoms with Crippen molar-refractivity contribution in [3.8, 4) is 5.75 Å². The van der Waals surface area contributed by atoms with E-state index >= 15 is 0 Å². The van der Waals surface area contributed by atoms with E-state index in [4.69, 9.17) is 4.74 Å². The first-order valence-electron chi connectivity index (χ1n) is 6.90. The minimum Gasteiger partial charge on any atom is -0.483 e. The van der Waals surface area contributed by atoms with Crippen LogP contribution < -0.4 is 10.1 Å². The van der Waals surface area contributed by atoms with Crippen molar-refractivity contribution in [3.05, 3.63) is 28.3 Å². The van der Waals surface area contributed by atoms with E-state index in [0.717, 1.165) is 25.7 Å². The highest BCUT2D eigenvalue weighted by molar-refractivity contribution is 5.68. The fraction of sp³-hybridized carbons (Fsp3) is 0.571. The Morgan fingerprint density at radius 2 is 2.11 bits per heavy atom. The van der Waals surface area contributed by atoms with Gasteiger partial charge in [0, 0.05) is 6.54 Å². The van der Waals surface area contributed by atoms with Gasteiger partial charge < -0.3 is 10.1 Å². The van der Waals surface area contributed by atoms with Crippen molar-refractivity contribution in [3.63, 3.8) is 0 Å². The number of nitro groups is 1. The molecule has 1 aliphatic carbocycles. The van der Waals surface area contributed by atoms with Gasteiger partial charge in [0.1, 0.15) is 5.69 Å². The van der Waals surface area contributed by atoms with Crippen LogP contribution in [0.1, 0.15) is 39.0 Å². The molecular formula is C14H20N2O3. The first kappa shape index (κ1) is 13.6. The topological polar surface area (TPSA) is 64.4 Å². The summed E-state index contributed by atoms with van der Waals surface area (Å²) in [7, 11) is 0. The van der Waals surface area contributed by atoms with Gasteiger partial charge in [0.2, 0.25) is 0 Å². The third-order valence-electron chi connectivity index (χ3n) is 3.39. The van der Waals surface area contributed by atoms with Crippen LogP contribution >= 0.6 is 0 Å². The SMILES string of the molecule is CCNc1cccc(OC2CCCCC2)c1[N+](=O)[O-]. The summed E-state index contributed by atoms with van der Waals surface area (Å²) in [5.74, 6) is 0.385. The fourth-order valence-corrected chi connectivity index (χ4v) is 2.50. The lowest BCUT2D eigenvalue weighted by atomic mass is 9.98. The molecule has 1 saturated carbocycles. The second kappa shape index (κ2) is 6.41. The van der Waals surface area contributed by atoms with Gasteiger partial charge in [-0.3, -0.25) is 10.1 Å². The standard InChI is InChI=1S/C14H20N2O3/c1-2-15-12-9-6-10-13(14(12)16(17)18)19-11-7-4-3-5-8-11/h6,9-11,15H,2-5,7-8H2,1H3. The molecule has 0 heterocycles. The number of benzene rings is 1. The average molecular weight is 264 g/mol. The molecule has 5 heteroatoms. The number of rotatable bonds is 5. The highest BCUT2D eigenvalue weighted by Gasteiger charge is 2.24. The Kier molecular flexibility index (Phi) is 4.60. The first-order chi connectivity index (χ1) is 9.22. The molecule has 2 rings (SSSR count). The summed E-state index contributed by atoms with van der Waals surface area (Å²) in [6.45, 7) is 2.56. The molecule has 0 saturated heterocycles. The molecule has 1 aromatic carbocycles. The third-order valence-corrected chi connectivity index (χ3v) is 3.39. The van der Waals surface area contributed by atoms with E-state index in [9.17, 15) is 10.1 Å². The van der Waals surface area contributed by atoms with Crippen molar-refractivity contribution in [2.24, 2.45) is 0 Å². The van der Waals surface area contributed by atoms with Crippen molar-refractivity contribution in [1.82, 2.24) is 0 Å². The van der Waals surface area contributed by atoms with Crippen LogP contribution in [0.2, 0.25) is 0 Å². The van der Waals surface area contributed by atoms with E-state index < -0.39 is 0 Å². The number of hydrogen-bond donors (Lipinski definition) is 1. The number of nitrogens with zero attached hydrogens (tertiary/aromatic N) is 1. The van der Waals surface area contributed by atoms with Gasteiger partial charge in [-0.25, -0.2) is 0 Å². The van der Waals surface area contributed by atoms with Crippen LogP contribution in [0, 0.1) is 10.1 Å². The van der Waals surface area contributed by atoms with Crippen molar-refractivity contribution in [1.29, 1.82) is 0 Å². The zero-order valence-electron chi connectivity index (χ0n) is 11.2. The lowest BCUT2D eigenvalue weighted by Crippen LogP contribution is -2.20. The minimum absolute atomic E-state index is 0.0509. The largest absolute Gasteiger partial charge is 0.483 e. The molecule has 0 atom stereocenters. The molecule has 0 spiro atoms. The second-order valence-corrected chi connectivity index (χ2v) is 4.82. The third kappa shape index (κ3) is 3.36. The Bertz CT molecular complexity index is 442. The van der Waals surface area contributed by atoms with Gasteiger partial charge in [-0.1, -0.05) is 12.5 Å². The molecule has 1 aromatic rings. The van der Waals surface area contributed by atoms with Crippen molar-refractivity contribution >= 4 is 11.4 Å². The Balaban J connectivity index is 2.22. The van der Waals surface area contributed by atoms with Gasteiger partial charge >= 0.3 is 5.69 Å². The Morgan fingerprint density at radius 1 is 1.37 bits per heavy atom. The monoisotopic (exact) mass is 264 g/mol. The summed E-state index contributed by atoms with van der Waals surface area (Å²) in [5, 5.41) is 14.3. The summed E-state index contributed by atoms with van der Waals surface area (Å²) in [4.78, 5) is 10.9. The zero-order chi connectivity index (χ0) is 13.7. The van der Waals surface area contributed by atoms with E-state index in [1.54, 1.807) is 18.2 Å². The molecule has 0 amide bonds. The molecule has 1 fully saturated rings. The van der Waals surface area contributed by atoms with Crippen molar-refractivity contribution < 1.29 is 9.66 Å². The Morgan fingerprint density at radius 3 is 2.74 bits per heavy atom. The zero-order valence-corrected chi connectivity index (χ0v) is 11.2. The van der Waals surface area contributed by atoms with Crippen molar-refractivity contribution in [2.45, 2.75) is 45.1 Å². The molecule has 0 unspecified atom stereocenters. The van der Waals surface area contributed by atoms with E-state index in [2.05, 4.69) is 5.32 Å². The molecule has 19 heavy (non-hydrogen) atoms. The van der Waals surface area contributed by atoms with Crippen LogP contribution in [0.25, 0.3) is 0 Å². The van der Waals surface area contributed by atoms with Gasteiger partial charge in [-0.2, -0.15) is 0 Å². The smallest absolute Gasteiger partial charge is 0.333 e. The predicted molar refractivity (Wildman–Crippen MR) is 74.8 cm³/mol. The molecule has 104 valence electrons. The number of nitrogens with one attached hydrogen (secondary N) is 1. The quantitative estimate of drug-likeness (QED) is 0.650. The summed E-state index contributed by atoms with van der Waals surface area (Å²) in [6, 6.07) is 5.20. The molecule has 5 nitrogen and oxygen atoms in total. The van der Waals surface area contributed by atoms with E-state index in [1.807, 2.05) is 6.92 Å². The van der Waals surface area contributed by atoms with Gasteiger partial charge in [0.25, 0.3) is 0 Å². The molecule has 0 aliphatic heterocycles. The number of nitro benzene ring substituents is 1. The summed E-state index contributed by atoms with van der Waals surface area (Å²) in [6.07, 6.45) is 5.62. The average Bonchev–Trinajstić information content (AvgIpc) is 2.40. The van der Waals surface area contributed by atoms with Crippen LogP contribution in [0.3, 0.4) is 0 Å². The maximum absolute atomic E-state index is 11.2.